The third kappa shape index (κ3) is 1.94. The number of imide groups is 1. The normalized spacial score (nSPS) is 38.3. The van der Waals surface area contributed by atoms with Crippen molar-refractivity contribution < 1.29 is 9.59 Å². The minimum atomic E-state index is -0.340. The fraction of sp³-hybridized carbons (Fsp3) is 0.500. The van der Waals surface area contributed by atoms with Gasteiger partial charge in [-0.05, 0) is 12.8 Å². The number of hydrogen-bond acceptors (Lipinski definition) is 2. The van der Waals surface area contributed by atoms with Crippen LogP contribution in [0.4, 0.5) is 0 Å². The van der Waals surface area contributed by atoms with E-state index in [0.29, 0.717) is 22.9 Å². The predicted molar refractivity (Wildman–Crippen MR) is 73.8 cm³/mol. The number of allylic oxidation sites excluding steroid dienone is 4. The highest BCUT2D eigenvalue weighted by molar-refractivity contribution is 6.51. The molecule has 102 valence electrons. The second kappa shape index (κ2) is 4.66. The molecule has 7 heteroatoms. The van der Waals surface area contributed by atoms with Gasteiger partial charge in [0, 0.05) is 21.9 Å². The van der Waals surface area contributed by atoms with Gasteiger partial charge >= 0.3 is 0 Å². The van der Waals surface area contributed by atoms with Gasteiger partial charge < -0.3 is 0 Å². The van der Waals surface area contributed by atoms with Crippen molar-refractivity contribution >= 4 is 58.2 Å². The van der Waals surface area contributed by atoms with Crippen LogP contribution in [0.3, 0.4) is 0 Å². The van der Waals surface area contributed by atoms with E-state index in [9.17, 15) is 9.59 Å². The van der Waals surface area contributed by atoms with Crippen LogP contribution in [0.1, 0.15) is 12.8 Å². The zero-order valence-electron chi connectivity index (χ0n) is 9.55. The summed E-state index contributed by atoms with van der Waals surface area (Å²) in [6.45, 7) is 0. The van der Waals surface area contributed by atoms with Crippen LogP contribution in [-0.4, -0.2) is 11.8 Å². The van der Waals surface area contributed by atoms with Crippen LogP contribution in [0.15, 0.2) is 20.1 Å². The summed E-state index contributed by atoms with van der Waals surface area (Å²) in [5, 5.41) is 3.73. The van der Waals surface area contributed by atoms with E-state index in [-0.39, 0.29) is 45.6 Å². The SMILES string of the molecule is O=C1NC(=O)C2CC3C(Cl)=C(Cl)C(Cl)=C(Cl)C3CC12. The first kappa shape index (κ1) is 13.7. The first-order valence-electron chi connectivity index (χ1n) is 5.87. The first-order chi connectivity index (χ1) is 8.91. The van der Waals surface area contributed by atoms with Gasteiger partial charge in [-0.15, -0.1) is 0 Å². The molecule has 1 aliphatic heterocycles. The number of carbonyl (C=O) groups excluding carboxylic acids is 2. The molecule has 2 aliphatic carbocycles. The predicted octanol–water partition coefficient (Wildman–Crippen LogP) is 3.29. The van der Waals surface area contributed by atoms with E-state index in [0.717, 1.165) is 0 Å². The lowest BCUT2D eigenvalue weighted by Gasteiger charge is -2.39. The Hall–Kier alpha value is -0.220. The molecule has 0 aromatic rings. The molecule has 0 spiro atoms. The molecule has 1 N–H and O–H groups in total. The summed E-state index contributed by atoms with van der Waals surface area (Å²) in [7, 11) is 0. The average molecular weight is 341 g/mol. The quantitative estimate of drug-likeness (QED) is 0.688. The van der Waals surface area contributed by atoms with Crippen LogP contribution in [0, 0.1) is 23.7 Å². The van der Waals surface area contributed by atoms with Crippen LogP contribution in [0.5, 0.6) is 0 Å². The number of fused-ring (bicyclic) bond motifs is 2. The highest BCUT2D eigenvalue weighted by Gasteiger charge is 2.51. The average Bonchev–Trinajstić information content (AvgIpc) is 2.67. The molecule has 0 bridgehead atoms. The zero-order chi connectivity index (χ0) is 13.9. The van der Waals surface area contributed by atoms with Crippen LogP contribution in [0.2, 0.25) is 0 Å². The Morgan fingerprint density at radius 3 is 1.47 bits per heavy atom. The van der Waals surface area contributed by atoms with Crippen molar-refractivity contribution in [2.45, 2.75) is 12.8 Å². The summed E-state index contributed by atoms with van der Waals surface area (Å²) < 4.78 is 0. The number of halogens is 4. The lowest BCUT2D eigenvalue weighted by Crippen LogP contribution is -2.35. The van der Waals surface area contributed by atoms with Crippen molar-refractivity contribution in [1.29, 1.82) is 0 Å². The Morgan fingerprint density at radius 1 is 0.737 bits per heavy atom. The van der Waals surface area contributed by atoms with E-state index in [4.69, 9.17) is 46.4 Å². The molecule has 1 saturated carbocycles. The van der Waals surface area contributed by atoms with E-state index in [1.54, 1.807) is 0 Å². The van der Waals surface area contributed by atoms with Crippen molar-refractivity contribution in [3.63, 3.8) is 0 Å². The molecule has 2 amide bonds. The van der Waals surface area contributed by atoms with Crippen LogP contribution >= 0.6 is 46.4 Å². The monoisotopic (exact) mass is 339 g/mol. The Kier molecular flexibility index (Phi) is 3.37. The maximum Gasteiger partial charge on any atom is 0.230 e. The second-order valence-corrected chi connectivity index (χ2v) is 6.65. The van der Waals surface area contributed by atoms with Crippen molar-refractivity contribution in [3.05, 3.63) is 20.1 Å². The fourth-order valence-corrected chi connectivity index (χ4v) is 4.44. The Balaban J connectivity index is 2.00. The standard InChI is InChI=1S/C12H9Cl4NO2/c13-7-3-1-5-6(12(19)17-11(5)18)2-4(3)8(14)10(16)9(7)15/h3-6H,1-2H2,(H,17,18,19). The van der Waals surface area contributed by atoms with Crippen molar-refractivity contribution in [2.24, 2.45) is 23.7 Å². The van der Waals surface area contributed by atoms with E-state index in [1.165, 1.54) is 0 Å². The molecule has 3 nitrogen and oxygen atoms in total. The molecular weight excluding hydrogens is 332 g/mol. The Bertz CT molecular complexity index is 506. The first-order valence-corrected chi connectivity index (χ1v) is 7.38. The van der Waals surface area contributed by atoms with Gasteiger partial charge in [0.1, 0.15) is 0 Å². The molecule has 0 aromatic heterocycles. The van der Waals surface area contributed by atoms with Crippen LogP contribution in [0.25, 0.3) is 0 Å². The number of nitrogens with one attached hydrogen (secondary N) is 1. The molecule has 3 aliphatic rings. The molecule has 1 saturated heterocycles. The van der Waals surface area contributed by atoms with Crippen molar-refractivity contribution in [2.75, 3.05) is 0 Å². The molecule has 4 unspecified atom stereocenters. The summed E-state index contributed by atoms with van der Waals surface area (Å²) in [5.74, 6) is -1.41. The van der Waals surface area contributed by atoms with Gasteiger partial charge in [0.2, 0.25) is 11.8 Å². The Morgan fingerprint density at radius 2 is 1.11 bits per heavy atom. The number of amides is 2. The molecular formula is C12H9Cl4NO2. The summed E-state index contributed by atoms with van der Waals surface area (Å²) in [5.41, 5.74) is 0. The Labute approximate surface area is 129 Å². The van der Waals surface area contributed by atoms with E-state index in [2.05, 4.69) is 5.32 Å². The molecule has 2 fully saturated rings. The molecule has 0 radical (unpaired) electrons. The van der Waals surface area contributed by atoms with Crippen molar-refractivity contribution in [3.8, 4) is 0 Å². The molecule has 1 heterocycles. The molecule has 4 atom stereocenters. The van der Waals surface area contributed by atoms with Gasteiger partial charge in [-0.2, -0.15) is 0 Å². The summed E-state index contributed by atoms with van der Waals surface area (Å²) in [4.78, 5) is 23.5. The van der Waals surface area contributed by atoms with Gasteiger partial charge in [0.15, 0.2) is 0 Å². The summed E-state index contributed by atoms with van der Waals surface area (Å²) >= 11 is 24.6. The maximum atomic E-state index is 11.7. The number of rotatable bonds is 0. The second-order valence-electron chi connectivity index (χ2n) is 5.07. The topological polar surface area (TPSA) is 46.2 Å². The van der Waals surface area contributed by atoms with Gasteiger partial charge in [-0.1, -0.05) is 46.4 Å². The maximum absolute atomic E-state index is 11.7. The summed E-state index contributed by atoms with van der Waals surface area (Å²) in [6, 6.07) is 0. The van der Waals surface area contributed by atoms with Crippen LogP contribution < -0.4 is 5.32 Å². The third-order valence-electron chi connectivity index (χ3n) is 4.17. The van der Waals surface area contributed by atoms with Gasteiger partial charge in [0.25, 0.3) is 0 Å². The summed E-state index contributed by atoms with van der Waals surface area (Å²) in [6.07, 6.45) is 0.949. The van der Waals surface area contributed by atoms with Gasteiger partial charge in [-0.25, -0.2) is 0 Å². The van der Waals surface area contributed by atoms with E-state index in [1.807, 2.05) is 0 Å². The van der Waals surface area contributed by atoms with E-state index >= 15 is 0 Å². The lowest BCUT2D eigenvalue weighted by atomic mass is 9.67. The largest absolute Gasteiger partial charge is 0.296 e. The minimum absolute atomic E-state index is 0.137. The highest BCUT2D eigenvalue weighted by atomic mass is 35.5. The zero-order valence-corrected chi connectivity index (χ0v) is 12.6. The van der Waals surface area contributed by atoms with Crippen molar-refractivity contribution in [1.82, 2.24) is 5.32 Å². The lowest BCUT2D eigenvalue weighted by molar-refractivity contribution is -0.126. The highest BCUT2D eigenvalue weighted by Crippen LogP contribution is 2.54. The fourth-order valence-electron chi connectivity index (χ4n) is 3.19. The van der Waals surface area contributed by atoms with Gasteiger partial charge in [-0.3, -0.25) is 14.9 Å². The smallest absolute Gasteiger partial charge is 0.230 e. The molecule has 0 aromatic carbocycles. The molecule has 3 rings (SSSR count). The molecule has 19 heavy (non-hydrogen) atoms. The van der Waals surface area contributed by atoms with Gasteiger partial charge in [0.05, 0.1) is 21.9 Å². The number of carbonyl (C=O) groups is 2. The minimum Gasteiger partial charge on any atom is -0.296 e. The van der Waals surface area contributed by atoms with E-state index < -0.39 is 0 Å². The van der Waals surface area contributed by atoms with Crippen LogP contribution in [-0.2, 0) is 9.59 Å². The third-order valence-corrected chi connectivity index (χ3v) is 6.18. The number of hydrogen-bond donors (Lipinski definition) is 1.